The normalized spacial score (nSPS) is 36.1. The Hall–Kier alpha value is 0.250. The van der Waals surface area contributed by atoms with Crippen LogP contribution < -0.4 is 0 Å². The highest BCUT2D eigenvalue weighted by Crippen LogP contribution is 2.36. The van der Waals surface area contributed by atoms with Gasteiger partial charge in [-0.2, -0.15) is 0 Å². The van der Waals surface area contributed by atoms with Crippen molar-refractivity contribution in [2.24, 2.45) is 0 Å². The summed E-state index contributed by atoms with van der Waals surface area (Å²) in [6, 6.07) is 0. The van der Waals surface area contributed by atoms with Crippen molar-refractivity contribution in [1.29, 1.82) is 0 Å². The Balaban J connectivity index is 2.68. The number of rotatable bonds is 2. The van der Waals surface area contributed by atoms with Crippen LogP contribution in [0.5, 0.6) is 0 Å². The molecule has 1 aliphatic carbocycles. The van der Waals surface area contributed by atoms with Crippen LogP contribution in [0.3, 0.4) is 0 Å². The zero-order valence-electron chi connectivity index (χ0n) is 6.56. The summed E-state index contributed by atoms with van der Waals surface area (Å²) in [4.78, 5) is 0. The van der Waals surface area contributed by atoms with Gasteiger partial charge in [0.2, 0.25) is 0 Å². The van der Waals surface area contributed by atoms with Gasteiger partial charge in [-0.3, -0.25) is 0 Å². The van der Waals surface area contributed by atoms with E-state index >= 15 is 0 Å². The molecule has 0 saturated heterocycles. The molecule has 0 nitrogen and oxygen atoms in total. The molecule has 0 heterocycles. The Morgan fingerprint density at radius 1 is 1.55 bits per heavy atom. The minimum atomic E-state index is -0.00193. The van der Waals surface area contributed by atoms with E-state index in [1.807, 2.05) is 18.2 Å². The third-order valence-electron chi connectivity index (χ3n) is 1.86. The average Bonchev–Trinajstić information content (AvgIpc) is 1.96. The van der Waals surface area contributed by atoms with E-state index in [-0.39, 0.29) is 9.70 Å². The van der Waals surface area contributed by atoms with Crippen LogP contribution in [0.2, 0.25) is 0 Å². The molecule has 0 saturated carbocycles. The smallest absolute Gasteiger partial charge is 0.0707 e. The summed E-state index contributed by atoms with van der Waals surface area (Å²) < 4.78 is -0.00193. The SMILES string of the molecule is CCCC1(Br)C=CC=CC1Cl. The van der Waals surface area contributed by atoms with Crippen molar-refractivity contribution in [3.05, 3.63) is 24.3 Å². The fourth-order valence-electron chi connectivity index (χ4n) is 1.23. The first-order valence-corrected chi connectivity index (χ1v) is 5.11. The molecule has 2 unspecified atom stereocenters. The summed E-state index contributed by atoms with van der Waals surface area (Å²) in [7, 11) is 0. The fraction of sp³-hybridized carbons (Fsp3) is 0.556. The predicted octanol–water partition coefficient (Wildman–Crippen LogP) is 3.65. The summed E-state index contributed by atoms with van der Waals surface area (Å²) in [6.07, 6.45) is 10.4. The molecule has 1 aliphatic rings. The van der Waals surface area contributed by atoms with Gasteiger partial charge >= 0.3 is 0 Å². The molecule has 2 heteroatoms. The monoisotopic (exact) mass is 234 g/mol. The molecule has 0 spiro atoms. The Kier molecular flexibility index (Phi) is 3.20. The molecule has 0 aromatic heterocycles. The van der Waals surface area contributed by atoms with E-state index < -0.39 is 0 Å². The molecular weight excluding hydrogens is 223 g/mol. The van der Waals surface area contributed by atoms with Gasteiger partial charge in [-0.1, -0.05) is 53.6 Å². The highest BCUT2D eigenvalue weighted by Gasteiger charge is 2.30. The van der Waals surface area contributed by atoms with Crippen LogP contribution in [0.4, 0.5) is 0 Å². The molecule has 0 aromatic rings. The van der Waals surface area contributed by atoms with Crippen LogP contribution in [-0.2, 0) is 0 Å². The second-order valence-electron chi connectivity index (χ2n) is 2.82. The number of hydrogen-bond acceptors (Lipinski definition) is 0. The van der Waals surface area contributed by atoms with E-state index in [9.17, 15) is 0 Å². The van der Waals surface area contributed by atoms with Crippen LogP contribution in [0.1, 0.15) is 19.8 Å². The second kappa shape index (κ2) is 3.77. The van der Waals surface area contributed by atoms with Crippen molar-refractivity contribution >= 4 is 27.5 Å². The van der Waals surface area contributed by atoms with Crippen molar-refractivity contribution < 1.29 is 0 Å². The molecule has 0 aromatic carbocycles. The molecule has 2 atom stereocenters. The summed E-state index contributed by atoms with van der Waals surface area (Å²) in [6.45, 7) is 2.17. The van der Waals surface area contributed by atoms with Gasteiger partial charge < -0.3 is 0 Å². The maximum absolute atomic E-state index is 6.12. The third kappa shape index (κ3) is 2.09. The van der Waals surface area contributed by atoms with Crippen LogP contribution >= 0.6 is 27.5 Å². The molecule has 0 N–H and O–H groups in total. The number of halogens is 2. The molecule has 0 aliphatic heterocycles. The number of alkyl halides is 2. The largest absolute Gasteiger partial charge is 0.117 e. The minimum absolute atomic E-state index is 0.00193. The van der Waals surface area contributed by atoms with Gasteiger partial charge in [0.25, 0.3) is 0 Å². The third-order valence-corrected chi connectivity index (χ3v) is 3.81. The van der Waals surface area contributed by atoms with Gasteiger partial charge in [-0.15, -0.1) is 11.6 Å². The van der Waals surface area contributed by atoms with E-state index in [0.717, 1.165) is 12.8 Å². The Morgan fingerprint density at radius 2 is 2.27 bits per heavy atom. The Labute approximate surface area is 81.4 Å². The molecule has 62 valence electrons. The highest BCUT2D eigenvalue weighted by atomic mass is 79.9. The lowest BCUT2D eigenvalue weighted by Crippen LogP contribution is -2.29. The van der Waals surface area contributed by atoms with Crippen molar-refractivity contribution in [2.45, 2.75) is 29.5 Å². The maximum Gasteiger partial charge on any atom is 0.0707 e. The van der Waals surface area contributed by atoms with Gasteiger partial charge in [-0.25, -0.2) is 0 Å². The Morgan fingerprint density at radius 3 is 2.82 bits per heavy atom. The first kappa shape index (κ1) is 9.34. The standard InChI is InChI=1S/C9H12BrCl/c1-2-6-9(10)7-4-3-5-8(9)11/h3-5,7-8H,2,6H2,1H3. The lowest BCUT2D eigenvalue weighted by atomic mass is 9.95. The summed E-state index contributed by atoms with van der Waals surface area (Å²) in [5.41, 5.74) is 0. The van der Waals surface area contributed by atoms with E-state index in [0.29, 0.717) is 0 Å². The van der Waals surface area contributed by atoms with E-state index in [4.69, 9.17) is 11.6 Å². The van der Waals surface area contributed by atoms with Crippen LogP contribution in [0.25, 0.3) is 0 Å². The fourth-order valence-corrected chi connectivity index (χ4v) is 2.20. The molecule has 0 radical (unpaired) electrons. The molecule has 0 amide bonds. The summed E-state index contributed by atoms with van der Waals surface area (Å²) in [5, 5.41) is 0.0902. The maximum atomic E-state index is 6.12. The lowest BCUT2D eigenvalue weighted by molar-refractivity contribution is 0.649. The Bertz CT molecular complexity index is 186. The minimum Gasteiger partial charge on any atom is -0.117 e. The van der Waals surface area contributed by atoms with Gasteiger partial charge in [0.05, 0.1) is 9.70 Å². The predicted molar refractivity (Wildman–Crippen MR) is 54.5 cm³/mol. The molecule has 11 heavy (non-hydrogen) atoms. The molecular formula is C9H12BrCl. The summed E-state index contributed by atoms with van der Waals surface area (Å²) >= 11 is 9.77. The highest BCUT2D eigenvalue weighted by molar-refractivity contribution is 9.10. The molecule has 0 fully saturated rings. The topological polar surface area (TPSA) is 0 Å². The second-order valence-corrected chi connectivity index (χ2v) is 4.77. The molecule has 1 rings (SSSR count). The van der Waals surface area contributed by atoms with Gasteiger partial charge in [0.15, 0.2) is 0 Å². The van der Waals surface area contributed by atoms with Crippen molar-refractivity contribution in [3.63, 3.8) is 0 Å². The summed E-state index contributed by atoms with van der Waals surface area (Å²) in [5.74, 6) is 0. The molecule has 0 bridgehead atoms. The quantitative estimate of drug-likeness (QED) is 0.641. The van der Waals surface area contributed by atoms with Crippen molar-refractivity contribution in [3.8, 4) is 0 Å². The van der Waals surface area contributed by atoms with Crippen molar-refractivity contribution in [2.75, 3.05) is 0 Å². The number of allylic oxidation sites excluding steroid dienone is 4. The first-order chi connectivity index (χ1) is 5.19. The van der Waals surface area contributed by atoms with Gasteiger partial charge in [-0.05, 0) is 6.42 Å². The first-order valence-electron chi connectivity index (χ1n) is 3.88. The van der Waals surface area contributed by atoms with Crippen molar-refractivity contribution in [1.82, 2.24) is 0 Å². The van der Waals surface area contributed by atoms with Crippen LogP contribution in [0.15, 0.2) is 24.3 Å². The lowest BCUT2D eigenvalue weighted by Gasteiger charge is -2.28. The van der Waals surface area contributed by atoms with E-state index in [1.165, 1.54) is 0 Å². The zero-order valence-corrected chi connectivity index (χ0v) is 8.90. The van der Waals surface area contributed by atoms with Crippen LogP contribution in [-0.4, -0.2) is 9.70 Å². The van der Waals surface area contributed by atoms with E-state index in [2.05, 4.69) is 28.9 Å². The zero-order chi connectivity index (χ0) is 8.32. The number of hydrogen-bond donors (Lipinski definition) is 0. The van der Waals surface area contributed by atoms with Gasteiger partial charge in [0, 0.05) is 0 Å². The van der Waals surface area contributed by atoms with E-state index in [1.54, 1.807) is 0 Å². The average molecular weight is 236 g/mol. The van der Waals surface area contributed by atoms with Crippen LogP contribution in [0, 0.1) is 0 Å². The van der Waals surface area contributed by atoms with Gasteiger partial charge in [0.1, 0.15) is 0 Å².